The van der Waals surface area contributed by atoms with Gasteiger partial charge in [0.25, 0.3) is 0 Å². The Labute approximate surface area is 105 Å². The first-order valence-corrected chi connectivity index (χ1v) is 6.18. The van der Waals surface area contributed by atoms with E-state index in [4.69, 9.17) is 5.84 Å². The number of aryl methyl sites for hydroxylation is 2. The molecule has 17 heavy (non-hydrogen) atoms. The molecule has 2 heteroatoms. The lowest BCUT2D eigenvalue weighted by Crippen LogP contribution is -2.35. The number of hydrogen-bond acceptors (Lipinski definition) is 2. The van der Waals surface area contributed by atoms with E-state index in [1.54, 1.807) is 0 Å². The summed E-state index contributed by atoms with van der Waals surface area (Å²) in [5.41, 5.74) is 5.65. The van der Waals surface area contributed by atoms with Crippen LogP contribution >= 0.6 is 0 Å². The highest BCUT2D eigenvalue weighted by Gasteiger charge is 2.06. The van der Waals surface area contributed by atoms with E-state index in [0.29, 0.717) is 6.04 Å². The molecule has 0 saturated heterocycles. The van der Waals surface area contributed by atoms with Crippen molar-refractivity contribution in [3.63, 3.8) is 0 Å². The molecule has 3 N–H and O–H groups in total. The summed E-state index contributed by atoms with van der Waals surface area (Å²) < 4.78 is 0. The quantitative estimate of drug-likeness (QED) is 0.448. The molecule has 0 aromatic heterocycles. The van der Waals surface area contributed by atoms with Crippen molar-refractivity contribution in [1.29, 1.82) is 0 Å². The minimum absolute atomic E-state index is 0.357. The number of nitrogens with two attached hydrogens (primary N) is 1. The molecule has 0 aliphatic heterocycles. The first-order valence-electron chi connectivity index (χ1n) is 6.18. The molecule has 0 radical (unpaired) electrons. The van der Waals surface area contributed by atoms with Gasteiger partial charge >= 0.3 is 0 Å². The fourth-order valence-corrected chi connectivity index (χ4v) is 1.90. The van der Waals surface area contributed by atoms with Crippen LogP contribution in [0.25, 0.3) is 0 Å². The molecule has 0 bridgehead atoms. The maximum absolute atomic E-state index is 5.56. The third kappa shape index (κ3) is 5.04. The molecule has 1 unspecified atom stereocenters. The van der Waals surface area contributed by atoms with E-state index in [-0.39, 0.29) is 0 Å². The van der Waals surface area contributed by atoms with E-state index < -0.39 is 0 Å². The van der Waals surface area contributed by atoms with Crippen LogP contribution < -0.4 is 11.3 Å². The van der Waals surface area contributed by atoms with Crippen LogP contribution in [-0.2, 0) is 6.42 Å². The Morgan fingerprint density at radius 2 is 2.06 bits per heavy atom. The summed E-state index contributed by atoms with van der Waals surface area (Å²) in [6, 6.07) is 8.87. The van der Waals surface area contributed by atoms with Gasteiger partial charge in [0.2, 0.25) is 0 Å². The lowest BCUT2D eigenvalue weighted by Gasteiger charge is -2.15. The maximum Gasteiger partial charge on any atom is 0.0222 e. The molecule has 0 aliphatic carbocycles. The maximum atomic E-state index is 5.56. The molecule has 0 saturated carbocycles. The van der Waals surface area contributed by atoms with Gasteiger partial charge in [0.1, 0.15) is 0 Å². The first-order chi connectivity index (χ1) is 8.27. The summed E-state index contributed by atoms with van der Waals surface area (Å²) in [6.45, 7) is 4.03. The van der Waals surface area contributed by atoms with Gasteiger partial charge in [0.05, 0.1) is 0 Å². The highest BCUT2D eigenvalue weighted by molar-refractivity contribution is 5.25. The number of benzene rings is 1. The predicted octanol–water partition coefficient (Wildman–Crippen LogP) is 2.56. The van der Waals surface area contributed by atoms with Gasteiger partial charge in [-0.2, -0.15) is 0 Å². The van der Waals surface area contributed by atoms with Crippen molar-refractivity contribution in [3.8, 4) is 11.8 Å². The molecular formula is C15H22N2. The van der Waals surface area contributed by atoms with Gasteiger partial charge in [-0.3, -0.25) is 11.3 Å². The first kappa shape index (κ1) is 13.8. The summed E-state index contributed by atoms with van der Waals surface area (Å²) in [6.07, 6.45) is 4.07. The monoisotopic (exact) mass is 230 g/mol. The van der Waals surface area contributed by atoms with Crippen molar-refractivity contribution in [1.82, 2.24) is 5.43 Å². The average molecular weight is 230 g/mol. The van der Waals surface area contributed by atoms with Crippen molar-refractivity contribution in [3.05, 3.63) is 35.4 Å². The van der Waals surface area contributed by atoms with E-state index in [0.717, 1.165) is 25.7 Å². The molecule has 0 amide bonds. The summed E-state index contributed by atoms with van der Waals surface area (Å²) in [5, 5.41) is 0. The predicted molar refractivity (Wildman–Crippen MR) is 73.3 cm³/mol. The smallest absolute Gasteiger partial charge is 0.0222 e. The van der Waals surface area contributed by atoms with E-state index >= 15 is 0 Å². The highest BCUT2D eigenvalue weighted by atomic mass is 15.2. The van der Waals surface area contributed by atoms with E-state index in [2.05, 4.69) is 48.5 Å². The number of hydrazine groups is 1. The highest BCUT2D eigenvalue weighted by Crippen LogP contribution is 2.12. The Hall–Kier alpha value is -1.30. The van der Waals surface area contributed by atoms with Crippen molar-refractivity contribution in [2.45, 2.75) is 45.6 Å². The molecule has 1 atom stereocenters. The number of hydrogen-bond donors (Lipinski definition) is 2. The fraction of sp³-hybridized carbons (Fsp3) is 0.467. The minimum atomic E-state index is 0.357. The zero-order valence-corrected chi connectivity index (χ0v) is 10.8. The molecular weight excluding hydrogens is 208 g/mol. The summed E-state index contributed by atoms with van der Waals surface area (Å²) in [4.78, 5) is 0. The van der Waals surface area contributed by atoms with Crippen LogP contribution in [0.5, 0.6) is 0 Å². The average Bonchev–Trinajstić information content (AvgIpc) is 2.35. The van der Waals surface area contributed by atoms with Crippen LogP contribution in [0.4, 0.5) is 0 Å². The van der Waals surface area contributed by atoms with Crippen molar-refractivity contribution < 1.29 is 0 Å². The standard InChI is InChI=1S/C15H22N2/c1-3-4-5-10-15(17-16)12-11-14-9-7-6-8-13(14)2/h6-9,15,17H,5,10-12,16H2,1-2H3. The van der Waals surface area contributed by atoms with Gasteiger partial charge in [-0.25, -0.2) is 0 Å². The van der Waals surface area contributed by atoms with Crippen molar-refractivity contribution >= 4 is 0 Å². The van der Waals surface area contributed by atoms with Crippen molar-refractivity contribution in [2.24, 2.45) is 5.84 Å². The summed E-state index contributed by atoms with van der Waals surface area (Å²) in [5.74, 6) is 11.5. The number of rotatable bonds is 6. The van der Waals surface area contributed by atoms with Gasteiger partial charge in [-0.05, 0) is 44.2 Å². The topological polar surface area (TPSA) is 38.0 Å². The van der Waals surface area contributed by atoms with Gasteiger partial charge in [-0.1, -0.05) is 24.3 Å². The molecule has 0 aliphatic rings. The molecule has 1 rings (SSSR count). The SMILES string of the molecule is CC#CCCC(CCc1ccccc1C)NN. The largest absolute Gasteiger partial charge is 0.271 e. The molecule has 0 heterocycles. The molecule has 2 nitrogen and oxygen atoms in total. The van der Waals surface area contributed by atoms with Crippen LogP contribution in [0.15, 0.2) is 24.3 Å². The molecule has 1 aromatic rings. The van der Waals surface area contributed by atoms with Gasteiger partial charge in [0, 0.05) is 12.5 Å². The van der Waals surface area contributed by atoms with E-state index in [1.165, 1.54) is 11.1 Å². The zero-order chi connectivity index (χ0) is 12.5. The van der Waals surface area contributed by atoms with Crippen molar-refractivity contribution in [2.75, 3.05) is 0 Å². The van der Waals surface area contributed by atoms with E-state index in [9.17, 15) is 0 Å². The fourth-order valence-electron chi connectivity index (χ4n) is 1.90. The van der Waals surface area contributed by atoms with Gasteiger partial charge in [0.15, 0.2) is 0 Å². The Morgan fingerprint density at radius 3 is 2.71 bits per heavy atom. The van der Waals surface area contributed by atoms with Crippen LogP contribution in [0, 0.1) is 18.8 Å². The summed E-state index contributed by atoms with van der Waals surface area (Å²) in [7, 11) is 0. The molecule has 1 aromatic carbocycles. The van der Waals surface area contributed by atoms with Crippen LogP contribution in [-0.4, -0.2) is 6.04 Å². The second-order valence-electron chi connectivity index (χ2n) is 4.29. The summed E-state index contributed by atoms with van der Waals surface area (Å²) >= 11 is 0. The lowest BCUT2D eigenvalue weighted by atomic mass is 9.99. The normalized spacial score (nSPS) is 11.7. The molecule has 92 valence electrons. The third-order valence-corrected chi connectivity index (χ3v) is 3.05. The second kappa shape index (κ2) is 7.89. The lowest BCUT2D eigenvalue weighted by molar-refractivity contribution is 0.469. The Balaban J connectivity index is 2.41. The number of nitrogens with one attached hydrogen (secondary N) is 1. The molecule has 0 fully saturated rings. The van der Waals surface area contributed by atoms with E-state index in [1.807, 2.05) is 6.92 Å². The Bertz CT molecular complexity index is 387. The molecule has 0 spiro atoms. The Kier molecular flexibility index (Phi) is 6.39. The second-order valence-corrected chi connectivity index (χ2v) is 4.29. The third-order valence-electron chi connectivity index (χ3n) is 3.05. The van der Waals surface area contributed by atoms with Crippen LogP contribution in [0.3, 0.4) is 0 Å². The zero-order valence-electron chi connectivity index (χ0n) is 10.8. The van der Waals surface area contributed by atoms with Gasteiger partial charge in [-0.15, -0.1) is 11.8 Å². The van der Waals surface area contributed by atoms with Gasteiger partial charge < -0.3 is 0 Å². The Morgan fingerprint density at radius 1 is 1.29 bits per heavy atom. The van der Waals surface area contributed by atoms with Crippen LogP contribution in [0.2, 0.25) is 0 Å². The minimum Gasteiger partial charge on any atom is -0.271 e. The van der Waals surface area contributed by atoms with Crippen LogP contribution in [0.1, 0.15) is 37.3 Å².